The maximum Gasteiger partial charge on any atom is 0.287 e. The Labute approximate surface area is 159 Å². The Morgan fingerprint density at radius 3 is 2.48 bits per heavy atom. The predicted molar refractivity (Wildman–Crippen MR) is 103 cm³/mol. The summed E-state index contributed by atoms with van der Waals surface area (Å²) in [7, 11) is 0. The average molecular weight is 369 g/mol. The van der Waals surface area contributed by atoms with Gasteiger partial charge >= 0.3 is 0 Å². The van der Waals surface area contributed by atoms with Crippen molar-refractivity contribution in [2.75, 3.05) is 19.6 Å². The van der Waals surface area contributed by atoms with Crippen LogP contribution in [0.25, 0.3) is 0 Å². The van der Waals surface area contributed by atoms with Crippen LogP contribution in [0.2, 0.25) is 0 Å². The minimum absolute atomic E-state index is 0.144. The highest BCUT2D eigenvalue weighted by molar-refractivity contribution is 5.95. The van der Waals surface area contributed by atoms with Crippen molar-refractivity contribution in [3.05, 3.63) is 59.5 Å². The van der Waals surface area contributed by atoms with Crippen molar-refractivity contribution >= 4 is 11.8 Å². The number of nitrogens with zero attached hydrogens (tertiary/aromatic N) is 1. The van der Waals surface area contributed by atoms with E-state index in [1.165, 1.54) is 30.2 Å². The largest absolute Gasteiger partial charge is 0.459 e. The van der Waals surface area contributed by atoms with Crippen molar-refractivity contribution in [3.8, 4) is 0 Å². The van der Waals surface area contributed by atoms with E-state index >= 15 is 0 Å². The first-order valence-electron chi connectivity index (χ1n) is 9.47. The molecule has 2 heterocycles. The van der Waals surface area contributed by atoms with Crippen LogP contribution in [-0.4, -0.2) is 42.4 Å². The first-order chi connectivity index (χ1) is 13.0. The second-order valence-electron chi connectivity index (χ2n) is 7.09. The second-order valence-corrected chi connectivity index (χ2v) is 7.09. The van der Waals surface area contributed by atoms with Crippen LogP contribution < -0.4 is 10.6 Å². The molecular formula is C21H27N3O3. The Bertz CT molecular complexity index is 749. The molecule has 3 rings (SSSR count). The third-order valence-corrected chi connectivity index (χ3v) is 5.00. The lowest BCUT2D eigenvalue weighted by Crippen LogP contribution is -2.47. The number of likely N-dealkylation sites (tertiary alicyclic amines) is 1. The number of nitrogens with one attached hydrogen (secondary N) is 2. The quantitative estimate of drug-likeness (QED) is 0.787. The van der Waals surface area contributed by atoms with Gasteiger partial charge < -0.3 is 15.1 Å². The highest BCUT2D eigenvalue weighted by atomic mass is 16.3. The van der Waals surface area contributed by atoms with Gasteiger partial charge in [0.1, 0.15) is 6.04 Å². The van der Waals surface area contributed by atoms with Gasteiger partial charge in [-0.1, -0.05) is 29.8 Å². The first-order valence-corrected chi connectivity index (χ1v) is 9.47. The number of aryl methyl sites for hydroxylation is 1. The fraction of sp³-hybridized carbons (Fsp3) is 0.429. The summed E-state index contributed by atoms with van der Waals surface area (Å²) in [6.45, 7) is 6.34. The van der Waals surface area contributed by atoms with Gasteiger partial charge in [-0.3, -0.25) is 14.5 Å². The average Bonchev–Trinajstić information content (AvgIpc) is 3.37. The van der Waals surface area contributed by atoms with Gasteiger partial charge in [0.15, 0.2) is 5.76 Å². The lowest BCUT2D eigenvalue weighted by Gasteiger charge is -2.29. The molecule has 0 unspecified atom stereocenters. The molecule has 2 N–H and O–H groups in total. The number of amides is 2. The molecule has 6 nitrogen and oxygen atoms in total. The van der Waals surface area contributed by atoms with E-state index in [2.05, 4.69) is 46.7 Å². The maximum absolute atomic E-state index is 12.5. The van der Waals surface area contributed by atoms with E-state index in [0.29, 0.717) is 6.54 Å². The van der Waals surface area contributed by atoms with Crippen molar-refractivity contribution in [2.45, 2.75) is 38.8 Å². The molecule has 0 aliphatic carbocycles. The molecule has 2 amide bonds. The van der Waals surface area contributed by atoms with Crippen LogP contribution in [-0.2, 0) is 4.79 Å². The summed E-state index contributed by atoms with van der Waals surface area (Å²) < 4.78 is 5.06. The summed E-state index contributed by atoms with van der Waals surface area (Å²) >= 11 is 0. The zero-order chi connectivity index (χ0) is 19.2. The van der Waals surface area contributed by atoms with E-state index in [9.17, 15) is 9.59 Å². The van der Waals surface area contributed by atoms with Gasteiger partial charge in [0.2, 0.25) is 5.91 Å². The third-order valence-electron chi connectivity index (χ3n) is 5.00. The van der Waals surface area contributed by atoms with Crippen LogP contribution in [0.3, 0.4) is 0 Å². The lowest BCUT2D eigenvalue weighted by atomic mass is 10.0. The zero-order valence-electron chi connectivity index (χ0n) is 15.9. The molecule has 1 aromatic carbocycles. The predicted octanol–water partition coefficient (Wildman–Crippen LogP) is 2.66. The van der Waals surface area contributed by atoms with Gasteiger partial charge in [-0.25, -0.2) is 0 Å². The number of furan rings is 1. The molecule has 144 valence electrons. The van der Waals surface area contributed by atoms with E-state index < -0.39 is 11.9 Å². The molecule has 2 atom stereocenters. The fourth-order valence-electron chi connectivity index (χ4n) is 3.39. The fourth-order valence-corrected chi connectivity index (χ4v) is 3.39. The van der Waals surface area contributed by atoms with E-state index in [1.807, 2.05) is 0 Å². The lowest BCUT2D eigenvalue weighted by molar-refractivity contribution is -0.122. The summed E-state index contributed by atoms with van der Waals surface area (Å²) in [6, 6.07) is 11.2. The molecule has 0 saturated carbocycles. The number of carbonyl (C=O) groups excluding carboxylic acids is 2. The minimum Gasteiger partial charge on any atom is -0.459 e. The Morgan fingerprint density at radius 1 is 1.15 bits per heavy atom. The van der Waals surface area contributed by atoms with E-state index in [1.54, 1.807) is 19.1 Å². The number of carbonyl (C=O) groups is 2. The highest BCUT2D eigenvalue weighted by Crippen LogP contribution is 2.24. The SMILES string of the molecule is Cc1ccc([C@@H](CNC(=O)[C@@H](C)NC(=O)c2ccco2)N2CCCC2)cc1. The summed E-state index contributed by atoms with van der Waals surface area (Å²) in [6.07, 6.45) is 3.81. The number of benzene rings is 1. The van der Waals surface area contributed by atoms with Gasteiger partial charge in [0.25, 0.3) is 5.91 Å². The van der Waals surface area contributed by atoms with Gasteiger partial charge in [0.05, 0.1) is 12.3 Å². The van der Waals surface area contributed by atoms with Crippen LogP contribution in [0.4, 0.5) is 0 Å². The number of hydrogen-bond donors (Lipinski definition) is 2. The Balaban J connectivity index is 1.59. The molecule has 2 aromatic rings. The van der Waals surface area contributed by atoms with Crippen molar-refractivity contribution < 1.29 is 14.0 Å². The van der Waals surface area contributed by atoms with Crippen LogP contribution in [0.1, 0.15) is 47.5 Å². The van der Waals surface area contributed by atoms with Crippen LogP contribution in [0.5, 0.6) is 0 Å². The van der Waals surface area contributed by atoms with Gasteiger partial charge in [-0.2, -0.15) is 0 Å². The molecule has 0 radical (unpaired) electrons. The van der Waals surface area contributed by atoms with Gasteiger partial charge in [0, 0.05) is 6.54 Å². The molecule has 1 fully saturated rings. The summed E-state index contributed by atoms with van der Waals surface area (Å²) in [5.74, 6) is -0.396. The van der Waals surface area contributed by atoms with Crippen molar-refractivity contribution in [1.82, 2.24) is 15.5 Å². The smallest absolute Gasteiger partial charge is 0.287 e. The van der Waals surface area contributed by atoms with Crippen molar-refractivity contribution in [1.29, 1.82) is 0 Å². The Hall–Kier alpha value is -2.60. The zero-order valence-corrected chi connectivity index (χ0v) is 15.9. The summed E-state index contributed by atoms with van der Waals surface area (Å²) in [5.41, 5.74) is 2.42. The molecule has 1 saturated heterocycles. The Kier molecular flexibility index (Phi) is 6.29. The number of rotatable bonds is 7. The molecule has 0 bridgehead atoms. The minimum atomic E-state index is -0.639. The number of hydrogen-bond acceptors (Lipinski definition) is 4. The van der Waals surface area contributed by atoms with E-state index in [-0.39, 0.29) is 17.7 Å². The normalized spacial score (nSPS) is 16.7. The van der Waals surface area contributed by atoms with Crippen LogP contribution >= 0.6 is 0 Å². The molecular weight excluding hydrogens is 342 g/mol. The van der Waals surface area contributed by atoms with Crippen LogP contribution in [0, 0.1) is 6.92 Å². The second kappa shape index (κ2) is 8.86. The maximum atomic E-state index is 12.5. The topological polar surface area (TPSA) is 74.6 Å². The van der Waals surface area contributed by atoms with Gasteiger partial charge in [-0.05, 0) is 57.5 Å². The van der Waals surface area contributed by atoms with Crippen molar-refractivity contribution in [2.24, 2.45) is 0 Å². The standard InChI is InChI=1S/C21H27N3O3/c1-15-7-9-17(10-8-15)18(24-11-3-4-12-24)14-22-20(25)16(2)23-21(26)19-6-5-13-27-19/h5-10,13,16,18H,3-4,11-12,14H2,1-2H3,(H,22,25)(H,23,26)/t16-,18-/m1/s1. The van der Waals surface area contributed by atoms with Crippen molar-refractivity contribution in [3.63, 3.8) is 0 Å². The van der Waals surface area contributed by atoms with Crippen LogP contribution in [0.15, 0.2) is 47.1 Å². The monoisotopic (exact) mass is 369 g/mol. The molecule has 27 heavy (non-hydrogen) atoms. The van der Waals surface area contributed by atoms with Gasteiger partial charge in [-0.15, -0.1) is 0 Å². The highest BCUT2D eigenvalue weighted by Gasteiger charge is 2.25. The Morgan fingerprint density at radius 2 is 1.85 bits per heavy atom. The van der Waals surface area contributed by atoms with E-state index in [0.717, 1.165) is 13.1 Å². The first kappa shape index (κ1) is 19.2. The molecule has 1 aromatic heterocycles. The molecule has 1 aliphatic heterocycles. The molecule has 6 heteroatoms. The molecule has 1 aliphatic rings. The summed E-state index contributed by atoms with van der Waals surface area (Å²) in [4.78, 5) is 26.9. The van der Waals surface area contributed by atoms with E-state index in [4.69, 9.17) is 4.42 Å². The summed E-state index contributed by atoms with van der Waals surface area (Å²) in [5, 5.41) is 5.66. The third kappa shape index (κ3) is 4.98. The molecule has 0 spiro atoms.